The maximum Gasteiger partial charge on any atom is 0.259 e. The molecule has 29 heavy (non-hydrogen) atoms. The molecule has 4 rings (SSSR count). The first-order chi connectivity index (χ1) is 14.0. The van der Waals surface area contributed by atoms with Crippen LogP contribution in [0.3, 0.4) is 0 Å². The van der Waals surface area contributed by atoms with Crippen LogP contribution in [0.25, 0.3) is 0 Å². The lowest BCUT2D eigenvalue weighted by molar-refractivity contribution is 0.0987. The van der Waals surface area contributed by atoms with Gasteiger partial charge < -0.3 is 15.1 Å². The smallest absolute Gasteiger partial charge is 0.259 e. The summed E-state index contributed by atoms with van der Waals surface area (Å²) in [6.07, 6.45) is 5.62. The summed E-state index contributed by atoms with van der Waals surface area (Å²) in [4.78, 5) is 37.4. The van der Waals surface area contributed by atoms with Crippen LogP contribution in [0.5, 0.6) is 0 Å². The molecule has 0 atom stereocenters. The zero-order chi connectivity index (χ0) is 20.4. The third-order valence-corrected chi connectivity index (χ3v) is 4.84. The Morgan fingerprint density at radius 2 is 1.93 bits per heavy atom. The highest BCUT2D eigenvalue weighted by Crippen LogP contribution is 2.32. The molecule has 7 nitrogen and oxygen atoms in total. The normalized spacial score (nSPS) is 12.4. The van der Waals surface area contributed by atoms with Crippen molar-refractivity contribution in [3.8, 4) is 0 Å². The lowest BCUT2D eigenvalue weighted by atomic mass is 10.1. The lowest BCUT2D eigenvalue weighted by Crippen LogP contribution is -2.28. The quantitative estimate of drug-likeness (QED) is 0.745. The van der Waals surface area contributed by atoms with Crippen LogP contribution >= 0.6 is 0 Å². The average Bonchev–Trinajstić information content (AvgIpc) is 3.17. The molecule has 146 valence electrons. The van der Waals surface area contributed by atoms with Crippen LogP contribution < -0.4 is 15.1 Å². The van der Waals surface area contributed by atoms with Gasteiger partial charge in [0.05, 0.1) is 11.1 Å². The number of amides is 2. The van der Waals surface area contributed by atoms with Crippen molar-refractivity contribution < 1.29 is 9.59 Å². The molecule has 0 unspecified atom stereocenters. The van der Waals surface area contributed by atoms with Crippen molar-refractivity contribution in [2.75, 3.05) is 35.8 Å². The van der Waals surface area contributed by atoms with Crippen LogP contribution in [0, 0.1) is 0 Å². The van der Waals surface area contributed by atoms with Gasteiger partial charge in [-0.15, -0.1) is 0 Å². The summed E-state index contributed by atoms with van der Waals surface area (Å²) in [5.74, 6) is 0.321. The van der Waals surface area contributed by atoms with Crippen LogP contribution in [0.4, 0.5) is 17.2 Å². The maximum absolute atomic E-state index is 12.8. The molecule has 0 radical (unpaired) electrons. The molecule has 2 amide bonds. The fourth-order valence-corrected chi connectivity index (χ4v) is 3.46. The van der Waals surface area contributed by atoms with Crippen LogP contribution in [0.2, 0.25) is 0 Å². The van der Waals surface area contributed by atoms with Gasteiger partial charge in [0.2, 0.25) is 0 Å². The Kier molecular flexibility index (Phi) is 4.95. The first-order valence-corrected chi connectivity index (χ1v) is 9.33. The minimum atomic E-state index is -0.219. The molecule has 7 heteroatoms. The number of hydrogen-bond acceptors (Lipinski definition) is 5. The molecule has 0 saturated heterocycles. The average molecular weight is 387 g/mol. The lowest BCUT2D eigenvalue weighted by Gasteiger charge is -2.18. The number of fused-ring (bicyclic) bond motifs is 1. The van der Waals surface area contributed by atoms with Gasteiger partial charge in [-0.05, 0) is 54.4 Å². The number of nitrogens with zero attached hydrogens (tertiary/aromatic N) is 4. The van der Waals surface area contributed by atoms with E-state index in [1.807, 2.05) is 32.3 Å². The zero-order valence-corrected chi connectivity index (χ0v) is 16.3. The minimum absolute atomic E-state index is 0.0698. The van der Waals surface area contributed by atoms with E-state index in [2.05, 4.69) is 15.3 Å². The van der Waals surface area contributed by atoms with Gasteiger partial charge in [-0.25, -0.2) is 4.98 Å². The van der Waals surface area contributed by atoms with Crippen molar-refractivity contribution >= 4 is 29.0 Å². The van der Waals surface area contributed by atoms with Crippen molar-refractivity contribution in [1.29, 1.82) is 0 Å². The molecule has 1 aromatic carbocycles. The molecule has 2 aromatic heterocycles. The van der Waals surface area contributed by atoms with Gasteiger partial charge in [0, 0.05) is 50.6 Å². The molecule has 3 heterocycles. The Morgan fingerprint density at radius 1 is 1.10 bits per heavy atom. The summed E-state index contributed by atoms with van der Waals surface area (Å²) >= 11 is 0. The molecule has 3 aromatic rings. The second-order valence-electron chi connectivity index (χ2n) is 7.02. The number of carbonyl (C=O) groups excluding carboxylic acids is 2. The van der Waals surface area contributed by atoms with Crippen molar-refractivity contribution in [2.24, 2.45) is 0 Å². The van der Waals surface area contributed by atoms with Crippen LogP contribution in [-0.4, -0.2) is 42.4 Å². The summed E-state index contributed by atoms with van der Waals surface area (Å²) in [6.45, 7) is 0.605. The number of nitrogens with one attached hydrogen (secondary N) is 1. The van der Waals surface area contributed by atoms with E-state index in [1.165, 1.54) is 0 Å². The molecule has 1 N–H and O–H groups in total. The van der Waals surface area contributed by atoms with Crippen LogP contribution in [-0.2, 0) is 6.42 Å². The number of hydrogen-bond donors (Lipinski definition) is 1. The van der Waals surface area contributed by atoms with E-state index in [1.54, 1.807) is 52.7 Å². The SMILES string of the molecule is CN(C)c1ncccc1C(=O)Nc1ccc2c(c1)CCN2C(=O)c1cccnc1. The highest BCUT2D eigenvalue weighted by molar-refractivity contribution is 6.09. The Balaban J connectivity index is 1.54. The molecule has 1 aliphatic heterocycles. The van der Waals surface area contributed by atoms with Crippen LogP contribution in [0.15, 0.2) is 61.1 Å². The monoisotopic (exact) mass is 387 g/mol. The largest absolute Gasteiger partial charge is 0.362 e. The fourth-order valence-electron chi connectivity index (χ4n) is 3.46. The van der Waals surface area contributed by atoms with E-state index < -0.39 is 0 Å². The van der Waals surface area contributed by atoms with Gasteiger partial charge in [-0.3, -0.25) is 14.6 Å². The Bertz CT molecular complexity index is 1070. The second kappa shape index (κ2) is 7.71. The third kappa shape index (κ3) is 3.67. The van der Waals surface area contributed by atoms with E-state index in [0.29, 0.717) is 29.2 Å². The van der Waals surface area contributed by atoms with Gasteiger partial charge in [-0.1, -0.05) is 0 Å². The topological polar surface area (TPSA) is 78.4 Å². The first kappa shape index (κ1) is 18.6. The summed E-state index contributed by atoms with van der Waals surface area (Å²) < 4.78 is 0. The van der Waals surface area contributed by atoms with Gasteiger partial charge in [0.1, 0.15) is 5.82 Å². The fraction of sp³-hybridized carbons (Fsp3) is 0.182. The molecule has 0 saturated carbocycles. The summed E-state index contributed by atoms with van der Waals surface area (Å²) in [5.41, 5.74) is 3.65. The van der Waals surface area contributed by atoms with E-state index in [-0.39, 0.29) is 11.8 Å². The molecule has 0 aliphatic carbocycles. The Hall–Kier alpha value is -3.74. The number of benzene rings is 1. The Morgan fingerprint density at radius 3 is 2.69 bits per heavy atom. The number of aromatic nitrogens is 2. The van der Waals surface area contributed by atoms with E-state index in [4.69, 9.17) is 0 Å². The van der Waals surface area contributed by atoms with Gasteiger partial charge in [0.15, 0.2) is 0 Å². The van der Waals surface area contributed by atoms with Crippen molar-refractivity contribution in [3.05, 3.63) is 77.7 Å². The third-order valence-electron chi connectivity index (χ3n) is 4.84. The molecule has 1 aliphatic rings. The molecule has 0 bridgehead atoms. The van der Waals surface area contributed by atoms with E-state index in [0.717, 1.165) is 17.7 Å². The standard InChI is InChI=1S/C22H21N5O2/c1-26(2)20-18(6-4-11-24-20)21(28)25-17-7-8-19-15(13-17)9-12-27(19)22(29)16-5-3-10-23-14-16/h3-8,10-11,13-14H,9,12H2,1-2H3,(H,25,28). The second-order valence-corrected chi connectivity index (χ2v) is 7.02. The van der Waals surface area contributed by atoms with E-state index >= 15 is 0 Å². The van der Waals surface area contributed by atoms with Gasteiger partial charge in [-0.2, -0.15) is 0 Å². The Labute approximate surface area is 169 Å². The number of rotatable bonds is 4. The minimum Gasteiger partial charge on any atom is -0.362 e. The van der Waals surface area contributed by atoms with Gasteiger partial charge >= 0.3 is 0 Å². The predicted molar refractivity (Wildman–Crippen MR) is 113 cm³/mol. The highest BCUT2D eigenvalue weighted by Gasteiger charge is 2.26. The van der Waals surface area contributed by atoms with E-state index in [9.17, 15) is 9.59 Å². The summed E-state index contributed by atoms with van der Waals surface area (Å²) in [6, 6.07) is 12.6. The van der Waals surface area contributed by atoms with Gasteiger partial charge in [0.25, 0.3) is 11.8 Å². The molecule has 0 fully saturated rings. The maximum atomic E-state index is 12.8. The van der Waals surface area contributed by atoms with Crippen molar-refractivity contribution in [1.82, 2.24) is 9.97 Å². The number of pyridine rings is 2. The highest BCUT2D eigenvalue weighted by atomic mass is 16.2. The van der Waals surface area contributed by atoms with Crippen LogP contribution in [0.1, 0.15) is 26.3 Å². The zero-order valence-electron chi connectivity index (χ0n) is 16.3. The van der Waals surface area contributed by atoms with Crippen molar-refractivity contribution in [2.45, 2.75) is 6.42 Å². The molecular formula is C22H21N5O2. The number of carbonyl (C=O) groups is 2. The summed E-state index contributed by atoms with van der Waals surface area (Å²) in [7, 11) is 3.70. The predicted octanol–water partition coefficient (Wildman–Crippen LogP) is 3.00. The van der Waals surface area contributed by atoms with Crippen molar-refractivity contribution in [3.63, 3.8) is 0 Å². The first-order valence-electron chi connectivity index (χ1n) is 9.33. The molecular weight excluding hydrogens is 366 g/mol. The molecule has 0 spiro atoms. The number of anilines is 3. The summed E-state index contributed by atoms with van der Waals surface area (Å²) in [5, 5.41) is 2.94.